The Morgan fingerprint density at radius 2 is 1.82 bits per heavy atom. The van der Waals surface area contributed by atoms with E-state index in [0.717, 1.165) is 26.1 Å². The lowest BCUT2D eigenvalue weighted by molar-refractivity contribution is -0.206. The Morgan fingerprint density at radius 1 is 1.15 bits per heavy atom. The molecule has 0 saturated heterocycles. The molecule has 2 aromatic rings. The van der Waals surface area contributed by atoms with E-state index < -0.39 is 23.7 Å². The molecule has 1 aromatic carbocycles. The minimum atomic E-state index is -5.15. The number of esters is 1. The first-order valence-corrected chi connectivity index (χ1v) is 10.7. The number of aromatic nitrogens is 2. The van der Waals surface area contributed by atoms with Crippen LogP contribution in [0.15, 0.2) is 28.7 Å². The van der Waals surface area contributed by atoms with Gasteiger partial charge in [-0.15, -0.1) is 5.10 Å². The number of benzene rings is 1. The molecule has 3 rings (SSSR count). The topological polar surface area (TPSA) is 110 Å². The third kappa shape index (κ3) is 6.44. The number of ether oxygens (including phenoxy) is 1. The number of carbonyl (C=O) groups is 2. The molecule has 0 bridgehead atoms. The van der Waals surface area contributed by atoms with Gasteiger partial charge in [0.15, 0.2) is 5.60 Å². The lowest BCUT2D eigenvalue weighted by atomic mass is 10.2. The van der Waals surface area contributed by atoms with Crippen molar-refractivity contribution in [1.29, 1.82) is 0 Å². The summed E-state index contributed by atoms with van der Waals surface area (Å²) in [6.07, 6.45) is -4.16. The number of halogens is 3. The summed E-state index contributed by atoms with van der Waals surface area (Å²) in [5, 5.41) is 13.5. The third-order valence-corrected chi connectivity index (χ3v) is 5.27. The third-order valence-electron chi connectivity index (χ3n) is 5.27. The molecular weight excluding hydrogens is 443 g/mol. The number of hydrogen-bond acceptors (Lipinski definition) is 8. The van der Waals surface area contributed by atoms with Gasteiger partial charge in [-0.05, 0) is 50.3 Å². The van der Waals surface area contributed by atoms with Crippen molar-refractivity contribution in [3.63, 3.8) is 0 Å². The highest BCUT2D eigenvalue weighted by atomic mass is 19.4. The Morgan fingerprint density at radius 3 is 2.39 bits per heavy atom. The van der Waals surface area contributed by atoms with E-state index in [1.54, 1.807) is 12.1 Å². The summed E-state index contributed by atoms with van der Waals surface area (Å²) in [6, 6.07) is 6.61. The molecule has 2 N–H and O–H groups in total. The quantitative estimate of drug-likeness (QED) is 0.380. The predicted molar refractivity (Wildman–Crippen MR) is 113 cm³/mol. The number of nitrogens with one attached hydrogen (secondary N) is 2. The zero-order valence-electron chi connectivity index (χ0n) is 18.4. The first-order chi connectivity index (χ1) is 15.7. The summed E-state index contributed by atoms with van der Waals surface area (Å²) >= 11 is 0. The van der Waals surface area contributed by atoms with Crippen molar-refractivity contribution in [3.05, 3.63) is 24.3 Å². The van der Waals surface area contributed by atoms with Gasteiger partial charge in [0.05, 0.1) is 0 Å². The molecule has 1 aromatic heterocycles. The van der Waals surface area contributed by atoms with Crippen molar-refractivity contribution in [3.8, 4) is 11.5 Å². The molecule has 33 heavy (non-hydrogen) atoms. The van der Waals surface area contributed by atoms with Crippen LogP contribution in [-0.2, 0) is 14.3 Å². The molecule has 1 heterocycles. The molecule has 0 aliphatic heterocycles. The summed E-state index contributed by atoms with van der Waals surface area (Å²) in [7, 11) is 0. The van der Waals surface area contributed by atoms with Crippen LogP contribution < -0.4 is 10.6 Å². The molecule has 0 spiro atoms. The average Bonchev–Trinajstić information content (AvgIpc) is 3.42. The van der Waals surface area contributed by atoms with Crippen LogP contribution in [-0.4, -0.2) is 64.9 Å². The fraction of sp³-hybridized carbons (Fsp3) is 0.524. The van der Waals surface area contributed by atoms with Gasteiger partial charge in [0, 0.05) is 30.6 Å². The van der Waals surface area contributed by atoms with E-state index in [4.69, 9.17) is 4.42 Å². The highest BCUT2D eigenvalue weighted by molar-refractivity contribution is 6.01. The summed E-state index contributed by atoms with van der Waals surface area (Å²) < 4.78 is 47.2. The Labute approximate surface area is 188 Å². The van der Waals surface area contributed by atoms with Crippen LogP contribution in [0.2, 0.25) is 0 Å². The number of alkyl halides is 3. The maximum absolute atomic E-state index is 12.4. The van der Waals surface area contributed by atoms with E-state index in [2.05, 4.69) is 44.3 Å². The first-order valence-electron chi connectivity index (χ1n) is 10.7. The van der Waals surface area contributed by atoms with Gasteiger partial charge < -0.3 is 24.7 Å². The SMILES string of the molecule is CCN(CC)CCCNc1nnc(-c2ccc(NC(=O)C3(OC(=O)C(F)(F)F)CC3)cc2)o1. The molecule has 1 amide bonds. The summed E-state index contributed by atoms with van der Waals surface area (Å²) in [5.74, 6) is -2.90. The molecule has 1 aliphatic carbocycles. The van der Waals surface area contributed by atoms with Crippen molar-refractivity contribution < 1.29 is 31.9 Å². The number of anilines is 2. The number of carbonyl (C=O) groups excluding carboxylic acids is 2. The lowest BCUT2D eigenvalue weighted by Crippen LogP contribution is -2.39. The van der Waals surface area contributed by atoms with E-state index in [1.807, 2.05) is 0 Å². The maximum atomic E-state index is 12.4. The van der Waals surface area contributed by atoms with Gasteiger partial charge in [-0.1, -0.05) is 18.9 Å². The van der Waals surface area contributed by atoms with Gasteiger partial charge in [-0.2, -0.15) is 13.2 Å². The molecule has 1 saturated carbocycles. The predicted octanol–water partition coefficient (Wildman–Crippen LogP) is 3.46. The summed E-state index contributed by atoms with van der Waals surface area (Å²) in [5.41, 5.74) is -0.849. The second kappa shape index (κ2) is 10.2. The Kier molecular flexibility index (Phi) is 7.57. The van der Waals surface area contributed by atoms with Crippen LogP contribution in [0.3, 0.4) is 0 Å². The monoisotopic (exact) mass is 469 g/mol. The minimum Gasteiger partial charge on any atom is -0.442 e. The van der Waals surface area contributed by atoms with Crippen LogP contribution in [0.4, 0.5) is 24.9 Å². The van der Waals surface area contributed by atoms with Gasteiger partial charge in [0.1, 0.15) is 0 Å². The van der Waals surface area contributed by atoms with Gasteiger partial charge in [0.2, 0.25) is 5.89 Å². The standard InChI is InChI=1S/C21H26F3N5O4/c1-3-29(4-2)13-5-12-25-19-28-27-16(32-19)14-6-8-15(9-7-14)26-17(30)20(10-11-20)33-18(31)21(22,23)24/h6-9H,3-5,10-13H2,1-2H3,(H,25,28)(H,26,30). The second-order valence-electron chi connectivity index (χ2n) is 7.63. The molecule has 0 radical (unpaired) electrons. The van der Waals surface area contributed by atoms with Crippen molar-refractivity contribution in [2.45, 2.75) is 44.9 Å². The van der Waals surface area contributed by atoms with Crippen LogP contribution >= 0.6 is 0 Å². The number of amides is 1. The molecule has 9 nitrogen and oxygen atoms in total. The van der Waals surface area contributed by atoms with Crippen molar-refractivity contribution in [2.24, 2.45) is 0 Å². The minimum absolute atomic E-state index is 0.0332. The molecule has 0 atom stereocenters. The van der Waals surface area contributed by atoms with Crippen LogP contribution in [0.5, 0.6) is 0 Å². The fourth-order valence-electron chi connectivity index (χ4n) is 3.11. The van der Waals surface area contributed by atoms with Gasteiger partial charge >= 0.3 is 18.2 Å². The normalized spacial score (nSPS) is 14.7. The summed E-state index contributed by atoms with van der Waals surface area (Å²) in [4.78, 5) is 25.7. The molecule has 12 heteroatoms. The molecule has 180 valence electrons. The van der Waals surface area contributed by atoms with Crippen LogP contribution in [0.1, 0.15) is 33.1 Å². The molecule has 0 unspecified atom stereocenters. The van der Waals surface area contributed by atoms with Crippen LogP contribution in [0, 0.1) is 0 Å². The summed E-state index contributed by atoms with van der Waals surface area (Å²) in [6.45, 7) is 7.87. The van der Waals surface area contributed by atoms with Crippen molar-refractivity contribution in [1.82, 2.24) is 15.1 Å². The second-order valence-corrected chi connectivity index (χ2v) is 7.63. The first kappa shape index (κ1) is 24.5. The van der Waals surface area contributed by atoms with E-state index >= 15 is 0 Å². The molecule has 1 fully saturated rings. The lowest BCUT2D eigenvalue weighted by Gasteiger charge is -2.17. The Balaban J connectivity index is 1.51. The van der Waals surface area contributed by atoms with Gasteiger partial charge in [0.25, 0.3) is 5.91 Å². The fourth-order valence-corrected chi connectivity index (χ4v) is 3.11. The zero-order valence-corrected chi connectivity index (χ0v) is 18.4. The number of rotatable bonds is 11. The molecular formula is C21H26F3N5O4. The number of nitrogens with zero attached hydrogens (tertiary/aromatic N) is 3. The van der Waals surface area contributed by atoms with Crippen molar-refractivity contribution in [2.75, 3.05) is 36.8 Å². The maximum Gasteiger partial charge on any atom is 0.490 e. The van der Waals surface area contributed by atoms with Gasteiger partial charge in [-0.3, -0.25) is 4.79 Å². The van der Waals surface area contributed by atoms with Crippen LogP contribution in [0.25, 0.3) is 11.5 Å². The van der Waals surface area contributed by atoms with Crippen molar-refractivity contribution >= 4 is 23.6 Å². The van der Waals surface area contributed by atoms with E-state index in [-0.39, 0.29) is 18.7 Å². The highest BCUT2D eigenvalue weighted by Crippen LogP contribution is 2.42. The smallest absolute Gasteiger partial charge is 0.442 e. The Bertz CT molecular complexity index is 954. The van der Waals surface area contributed by atoms with Gasteiger partial charge in [-0.25, -0.2) is 4.79 Å². The number of hydrogen-bond donors (Lipinski definition) is 2. The van der Waals surface area contributed by atoms with E-state index in [1.165, 1.54) is 12.1 Å². The van der Waals surface area contributed by atoms with E-state index in [0.29, 0.717) is 23.8 Å². The Hall–Kier alpha value is -3.15. The average molecular weight is 469 g/mol. The highest BCUT2D eigenvalue weighted by Gasteiger charge is 2.57. The van der Waals surface area contributed by atoms with E-state index in [9.17, 15) is 22.8 Å². The largest absolute Gasteiger partial charge is 0.490 e. The zero-order chi connectivity index (χ0) is 24.1. The molecule has 1 aliphatic rings.